The predicted octanol–water partition coefficient (Wildman–Crippen LogP) is 4.37. The molecule has 8 nitrogen and oxygen atoms in total. The zero-order chi connectivity index (χ0) is 27.4. The lowest BCUT2D eigenvalue weighted by atomic mass is 9.80. The first-order valence-corrected chi connectivity index (χ1v) is 11.9. The number of aliphatic carboxylic acids is 1. The molecule has 2 saturated heterocycles. The summed E-state index contributed by atoms with van der Waals surface area (Å²) in [7, 11) is 0. The third-order valence-corrected chi connectivity index (χ3v) is 6.62. The third kappa shape index (κ3) is 7.06. The Morgan fingerprint density at radius 1 is 1.16 bits per heavy atom. The van der Waals surface area contributed by atoms with Crippen LogP contribution in [0.5, 0.6) is 0 Å². The van der Waals surface area contributed by atoms with E-state index in [9.17, 15) is 22.8 Å². The molecule has 0 bridgehead atoms. The van der Waals surface area contributed by atoms with Gasteiger partial charge in [-0.1, -0.05) is 24.1 Å². The van der Waals surface area contributed by atoms with Crippen molar-refractivity contribution in [3.63, 3.8) is 0 Å². The van der Waals surface area contributed by atoms with Crippen LogP contribution in [0.3, 0.4) is 0 Å². The number of likely N-dealkylation sites (tertiary alicyclic amines) is 1. The van der Waals surface area contributed by atoms with E-state index in [1.807, 2.05) is 36.9 Å². The molecule has 0 radical (unpaired) electrons. The second-order valence-corrected chi connectivity index (χ2v) is 9.52. The van der Waals surface area contributed by atoms with E-state index in [1.54, 1.807) is 18.5 Å². The molecule has 3 atom stereocenters. The number of amides is 2. The number of nitrogens with one attached hydrogen (secondary N) is 1. The zero-order valence-corrected chi connectivity index (χ0v) is 20.8. The number of aromatic nitrogens is 1. The van der Waals surface area contributed by atoms with E-state index in [0.717, 1.165) is 29.5 Å². The molecule has 2 amide bonds. The van der Waals surface area contributed by atoms with E-state index in [4.69, 9.17) is 14.6 Å². The summed E-state index contributed by atoms with van der Waals surface area (Å²) in [5.41, 5.74) is 3.28. The van der Waals surface area contributed by atoms with E-state index < -0.39 is 18.2 Å². The van der Waals surface area contributed by atoms with Gasteiger partial charge in [-0.05, 0) is 57.4 Å². The molecule has 2 aromatic rings. The summed E-state index contributed by atoms with van der Waals surface area (Å²) >= 11 is 0. The highest BCUT2D eigenvalue weighted by Gasteiger charge is 2.49. The van der Waals surface area contributed by atoms with Gasteiger partial charge >= 0.3 is 12.1 Å². The molecule has 1 aromatic heterocycles. The van der Waals surface area contributed by atoms with Gasteiger partial charge < -0.3 is 20.1 Å². The highest BCUT2D eigenvalue weighted by molar-refractivity contribution is 5.95. The van der Waals surface area contributed by atoms with E-state index in [2.05, 4.69) is 23.3 Å². The number of carbonyl (C=O) groups excluding carboxylic acids is 2. The number of nitrogens with zero attached hydrogens (tertiary/aromatic N) is 2. The normalized spacial score (nSPS) is 23.2. The van der Waals surface area contributed by atoms with Gasteiger partial charge in [-0.2, -0.15) is 13.2 Å². The summed E-state index contributed by atoms with van der Waals surface area (Å²) in [4.78, 5) is 40.5. The minimum Gasteiger partial charge on any atom is -0.475 e. The molecule has 3 heterocycles. The van der Waals surface area contributed by atoms with Crippen LogP contribution >= 0.6 is 0 Å². The lowest BCUT2D eigenvalue weighted by molar-refractivity contribution is -0.192. The van der Waals surface area contributed by atoms with Gasteiger partial charge in [0, 0.05) is 30.8 Å². The minimum absolute atomic E-state index is 0.0763. The maximum Gasteiger partial charge on any atom is 0.490 e. The summed E-state index contributed by atoms with van der Waals surface area (Å²) in [5, 5.41) is 10.0. The fraction of sp³-hybridized carbons (Fsp3) is 0.462. The number of halogens is 3. The predicted molar refractivity (Wildman–Crippen MR) is 129 cm³/mol. The number of aryl methyl sites for hydroxylation is 2. The number of alkyl halides is 3. The van der Waals surface area contributed by atoms with Crippen LogP contribution in [0.15, 0.2) is 42.7 Å². The van der Waals surface area contributed by atoms with Crippen molar-refractivity contribution in [3.05, 3.63) is 59.4 Å². The van der Waals surface area contributed by atoms with Crippen molar-refractivity contribution in [2.75, 3.05) is 18.4 Å². The van der Waals surface area contributed by atoms with Gasteiger partial charge in [0.15, 0.2) is 0 Å². The van der Waals surface area contributed by atoms with Crippen LogP contribution in [-0.2, 0) is 14.3 Å². The van der Waals surface area contributed by atoms with Gasteiger partial charge in [-0.15, -0.1) is 0 Å². The average Bonchev–Trinajstić information content (AvgIpc) is 3.26. The minimum atomic E-state index is -5.08. The van der Waals surface area contributed by atoms with Crippen molar-refractivity contribution in [1.82, 2.24) is 9.88 Å². The molecule has 37 heavy (non-hydrogen) atoms. The lowest BCUT2D eigenvalue weighted by Crippen LogP contribution is -2.52. The summed E-state index contributed by atoms with van der Waals surface area (Å²) in [5.74, 6) is -2.64. The van der Waals surface area contributed by atoms with Crippen LogP contribution in [-0.4, -0.2) is 63.7 Å². The summed E-state index contributed by atoms with van der Waals surface area (Å²) < 4.78 is 38.1. The standard InChI is InChI=1S/C24H29N3O3.C2HF3O2/c1-16-11-17(2)13-19(12-16)23(29)27-10-8-24(18(3)15-27)7-6-21(30-24)22(28)26-20-5-4-9-25-14-20;3-2(4,5)1(6)7/h4-5,9,11-14,18,21H,6-8,10,15H2,1-3H3,(H,26,28);(H,6,7). The number of hydrogen-bond donors (Lipinski definition) is 2. The van der Waals surface area contributed by atoms with Gasteiger partial charge in [-0.25, -0.2) is 4.79 Å². The molecule has 0 saturated carbocycles. The Bertz CT molecular complexity index is 1120. The molecular weight excluding hydrogens is 491 g/mol. The number of ether oxygens (including phenoxy) is 1. The van der Waals surface area contributed by atoms with Crippen LogP contribution in [0.1, 0.15) is 47.7 Å². The largest absolute Gasteiger partial charge is 0.490 e. The monoisotopic (exact) mass is 521 g/mol. The van der Waals surface area contributed by atoms with Gasteiger partial charge in [0.1, 0.15) is 6.10 Å². The Labute approximate surface area is 212 Å². The lowest BCUT2D eigenvalue weighted by Gasteiger charge is -2.44. The Morgan fingerprint density at radius 3 is 2.35 bits per heavy atom. The maximum absolute atomic E-state index is 13.0. The molecule has 1 spiro atoms. The van der Waals surface area contributed by atoms with E-state index >= 15 is 0 Å². The number of anilines is 1. The number of pyridine rings is 1. The van der Waals surface area contributed by atoms with Crippen molar-refractivity contribution in [2.24, 2.45) is 5.92 Å². The van der Waals surface area contributed by atoms with Crippen molar-refractivity contribution in [2.45, 2.75) is 57.9 Å². The molecule has 11 heteroatoms. The van der Waals surface area contributed by atoms with Crippen molar-refractivity contribution >= 4 is 23.5 Å². The Hall–Kier alpha value is -3.47. The smallest absolute Gasteiger partial charge is 0.475 e. The number of hydrogen-bond acceptors (Lipinski definition) is 5. The van der Waals surface area contributed by atoms with E-state index in [1.165, 1.54) is 0 Å². The second-order valence-electron chi connectivity index (χ2n) is 9.52. The fourth-order valence-corrected chi connectivity index (χ4v) is 4.79. The highest BCUT2D eigenvalue weighted by atomic mass is 19.4. The van der Waals surface area contributed by atoms with Crippen LogP contribution in [0.25, 0.3) is 0 Å². The van der Waals surface area contributed by atoms with Gasteiger partial charge in [0.2, 0.25) is 0 Å². The van der Waals surface area contributed by atoms with Gasteiger partial charge in [-0.3, -0.25) is 14.6 Å². The molecule has 200 valence electrons. The number of carboxylic acids is 1. The Morgan fingerprint density at radius 2 is 1.81 bits per heavy atom. The topological polar surface area (TPSA) is 109 Å². The number of piperidine rings is 1. The fourth-order valence-electron chi connectivity index (χ4n) is 4.79. The summed E-state index contributed by atoms with van der Waals surface area (Å²) in [6.07, 6.45) is 0.0380. The molecule has 0 aliphatic carbocycles. The molecule has 2 fully saturated rings. The van der Waals surface area contributed by atoms with Crippen LogP contribution in [0.4, 0.5) is 18.9 Å². The van der Waals surface area contributed by atoms with Crippen LogP contribution < -0.4 is 5.32 Å². The zero-order valence-electron chi connectivity index (χ0n) is 20.8. The van der Waals surface area contributed by atoms with E-state index in [-0.39, 0.29) is 23.3 Å². The highest BCUT2D eigenvalue weighted by Crippen LogP contribution is 2.42. The Kier molecular flexibility index (Phi) is 8.57. The van der Waals surface area contributed by atoms with Crippen LogP contribution in [0.2, 0.25) is 0 Å². The Balaban J connectivity index is 0.000000479. The molecule has 3 unspecified atom stereocenters. The average molecular weight is 522 g/mol. The number of benzene rings is 1. The molecule has 1 aromatic carbocycles. The first kappa shape index (κ1) is 28.1. The molecule has 2 N–H and O–H groups in total. The summed E-state index contributed by atoms with van der Waals surface area (Å²) in [6.45, 7) is 7.44. The van der Waals surface area contributed by atoms with E-state index in [0.29, 0.717) is 25.2 Å². The molecule has 2 aliphatic heterocycles. The van der Waals surface area contributed by atoms with Crippen molar-refractivity contribution in [3.8, 4) is 0 Å². The molecule has 4 rings (SSSR count). The van der Waals surface area contributed by atoms with Gasteiger partial charge in [0.05, 0.1) is 17.5 Å². The third-order valence-electron chi connectivity index (χ3n) is 6.62. The number of carboxylic acid groups (broad SMARTS) is 1. The first-order chi connectivity index (χ1) is 17.3. The molecular formula is C26H30F3N3O5. The number of rotatable bonds is 3. The SMILES string of the molecule is Cc1cc(C)cc(C(=O)N2CCC3(CCC(C(=O)Nc4cccnc4)O3)C(C)C2)c1.O=C(O)C(F)(F)F. The molecule has 2 aliphatic rings. The van der Waals surface area contributed by atoms with Crippen LogP contribution in [0, 0.1) is 19.8 Å². The number of carbonyl (C=O) groups is 3. The first-order valence-electron chi connectivity index (χ1n) is 11.9. The summed E-state index contributed by atoms with van der Waals surface area (Å²) in [6, 6.07) is 9.59. The van der Waals surface area contributed by atoms with Gasteiger partial charge in [0.25, 0.3) is 11.8 Å². The van der Waals surface area contributed by atoms with Crippen molar-refractivity contribution in [1.29, 1.82) is 0 Å². The quantitative estimate of drug-likeness (QED) is 0.621. The second kappa shape index (κ2) is 11.3. The van der Waals surface area contributed by atoms with Crippen molar-refractivity contribution < 1.29 is 37.4 Å². The maximum atomic E-state index is 13.0.